The van der Waals surface area contributed by atoms with Gasteiger partial charge < -0.3 is 0 Å². The normalized spacial score (nSPS) is 29.2. The van der Waals surface area contributed by atoms with Crippen molar-refractivity contribution in [2.75, 3.05) is 33.2 Å². The van der Waals surface area contributed by atoms with Crippen LogP contribution in [0.4, 0.5) is 0 Å². The Hall–Kier alpha value is -0.120. The molecular formula is C8H17N3. The maximum Gasteiger partial charge on any atom is 0.0259 e. The van der Waals surface area contributed by atoms with Crippen LogP contribution in [0, 0.1) is 0 Å². The van der Waals surface area contributed by atoms with E-state index < -0.39 is 0 Å². The standard InChI is InChI=1S/C8H17N3/c1-9-11-6-4-10(5-7-11)8-2-3-8/h8-9H,2-7H2,1H3. The molecule has 1 saturated heterocycles. The Morgan fingerprint density at radius 1 is 1.09 bits per heavy atom. The van der Waals surface area contributed by atoms with Crippen LogP contribution in [0.25, 0.3) is 0 Å². The summed E-state index contributed by atoms with van der Waals surface area (Å²) in [5.74, 6) is 0. The molecule has 0 atom stereocenters. The van der Waals surface area contributed by atoms with Crippen LogP contribution in [0.3, 0.4) is 0 Å². The van der Waals surface area contributed by atoms with Gasteiger partial charge in [0.15, 0.2) is 0 Å². The highest BCUT2D eigenvalue weighted by Gasteiger charge is 2.30. The molecule has 1 N–H and O–H groups in total. The van der Waals surface area contributed by atoms with Crippen molar-refractivity contribution < 1.29 is 0 Å². The number of piperazine rings is 1. The highest BCUT2D eigenvalue weighted by atomic mass is 15.5. The van der Waals surface area contributed by atoms with Gasteiger partial charge in [0.05, 0.1) is 0 Å². The van der Waals surface area contributed by atoms with Gasteiger partial charge in [-0.25, -0.2) is 5.01 Å². The number of nitrogens with zero attached hydrogens (tertiary/aromatic N) is 2. The fourth-order valence-electron chi connectivity index (χ4n) is 1.75. The van der Waals surface area contributed by atoms with Crippen LogP contribution in [0.15, 0.2) is 0 Å². The average molecular weight is 155 g/mol. The van der Waals surface area contributed by atoms with E-state index in [9.17, 15) is 0 Å². The third-order valence-electron chi connectivity index (χ3n) is 2.69. The Labute approximate surface area is 68.3 Å². The van der Waals surface area contributed by atoms with Crippen molar-refractivity contribution >= 4 is 0 Å². The summed E-state index contributed by atoms with van der Waals surface area (Å²) in [5.41, 5.74) is 3.19. The fraction of sp³-hybridized carbons (Fsp3) is 1.00. The number of hydrazine groups is 1. The molecule has 1 heterocycles. The number of hydrogen-bond acceptors (Lipinski definition) is 3. The third kappa shape index (κ3) is 1.72. The zero-order valence-electron chi connectivity index (χ0n) is 7.21. The zero-order valence-corrected chi connectivity index (χ0v) is 7.21. The van der Waals surface area contributed by atoms with E-state index in [1.165, 1.54) is 39.0 Å². The van der Waals surface area contributed by atoms with Gasteiger partial charge in [-0.1, -0.05) is 0 Å². The molecule has 11 heavy (non-hydrogen) atoms. The van der Waals surface area contributed by atoms with Gasteiger partial charge in [-0.2, -0.15) is 0 Å². The van der Waals surface area contributed by atoms with Crippen LogP contribution in [0.5, 0.6) is 0 Å². The van der Waals surface area contributed by atoms with Crippen molar-refractivity contribution in [2.24, 2.45) is 0 Å². The second-order valence-electron chi connectivity index (χ2n) is 3.48. The predicted molar refractivity (Wildman–Crippen MR) is 45.2 cm³/mol. The second kappa shape index (κ2) is 3.09. The van der Waals surface area contributed by atoms with E-state index in [-0.39, 0.29) is 0 Å². The van der Waals surface area contributed by atoms with Crippen LogP contribution >= 0.6 is 0 Å². The van der Waals surface area contributed by atoms with E-state index in [0.29, 0.717) is 0 Å². The van der Waals surface area contributed by atoms with E-state index >= 15 is 0 Å². The van der Waals surface area contributed by atoms with E-state index in [1.54, 1.807) is 0 Å². The van der Waals surface area contributed by atoms with Gasteiger partial charge in [0.2, 0.25) is 0 Å². The van der Waals surface area contributed by atoms with Gasteiger partial charge in [-0.3, -0.25) is 10.3 Å². The Bertz CT molecular complexity index is 125. The Kier molecular flexibility index (Phi) is 2.11. The van der Waals surface area contributed by atoms with Gasteiger partial charge >= 0.3 is 0 Å². The van der Waals surface area contributed by atoms with Crippen molar-refractivity contribution in [3.8, 4) is 0 Å². The largest absolute Gasteiger partial charge is 0.298 e. The minimum Gasteiger partial charge on any atom is -0.298 e. The van der Waals surface area contributed by atoms with Crippen LogP contribution < -0.4 is 5.43 Å². The zero-order chi connectivity index (χ0) is 7.68. The summed E-state index contributed by atoms with van der Waals surface area (Å²) in [6.07, 6.45) is 2.89. The summed E-state index contributed by atoms with van der Waals surface area (Å²) in [5, 5.41) is 2.29. The topological polar surface area (TPSA) is 18.5 Å². The molecule has 1 saturated carbocycles. The first-order valence-electron chi connectivity index (χ1n) is 4.56. The quantitative estimate of drug-likeness (QED) is 0.601. The minimum atomic E-state index is 0.953. The highest BCUT2D eigenvalue weighted by Crippen LogP contribution is 2.26. The summed E-state index contributed by atoms with van der Waals surface area (Å²) in [4.78, 5) is 2.62. The van der Waals surface area contributed by atoms with Crippen molar-refractivity contribution in [3.63, 3.8) is 0 Å². The summed E-state index contributed by atoms with van der Waals surface area (Å²) in [7, 11) is 2.01. The summed E-state index contributed by atoms with van der Waals surface area (Å²) < 4.78 is 0. The van der Waals surface area contributed by atoms with Crippen LogP contribution in [0.2, 0.25) is 0 Å². The molecule has 0 unspecified atom stereocenters. The molecule has 0 radical (unpaired) electrons. The monoisotopic (exact) mass is 155 g/mol. The van der Waals surface area contributed by atoms with Crippen molar-refractivity contribution in [3.05, 3.63) is 0 Å². The summed E-state index contributed by atoms with van der Waals surface area (Å²) >= 11 is 0. The number of rotatable bonds is 2. The maximum absolute atomic E-state index is 3.19. The smallest absolute Gasteiger partial charge is 0.0259 e. The maximum atomic E-state index is 3.19. The molecule has 1 aliphatic carbocycles. The second-order valence-corrected chi connectivity index (χ2v) is 3.48. The lowest BCUT2D eigenvalue weighted by atomic mass is 10.3. The SMILES string of the molecule is CNN1CCN(C2CC2)CC1. The molecule has 2 rings (SSSR count). The molecule has 0 aromatic rings. The molecule has 3 nitrogen and oxygen atoms in total. The highest BCUT2D eigenvalue weighted by molar-refractivity contribution is 4.86. The van der Waals surface area contributed by atoms with Crippen LogP contribution in [-0.4, -0.2) is 49.2 Å². The first kappa shape index (κ1) is 7.53. The van der Waals surface area contributed by atoms with Crippen molar-refractivity contribution in [2.45, 2.75) is 18.9 Å². The molecule has 0 amide bonds. The van der Waals surface area contributed by atoms with E-state index in [1.807, 2.05) is 7.05 Å². The van der Waals surface area contributed by atoms with Gasteiger partial charge in [0.1, 0.15) is 0 Å². The lowest BCUT2D eigenvalue weighted by Crippen LogP contribution is -2.51. The van der Waals surface area contributed by atoms with Crippen LogP contribution in [0.1, 0.15) is 12.8 Å². The Morgan fingerprint density at radius 3 is 2.18 bits per heavy atom. The third-order valence-corrected chi connectivity index (χ3v) is 2.69. The van der Waals surface area contributed by atoms with Gasteiger partial charge in [0.25, 0.3) is 0 Å². The van der Waals surface area contributed by atoms with Crippen molar-refractivity contribution in [1.82, 2.24) is 15.3 Å². The molecule has 0 bridgehead atoms. The summed E-state index contributed by atoms with van der Waals surface area (Å²) in [6.45, 7) is 4.89. The molecule has 64 valence electrons. The molecule has 2 aliphatic rings. The first-order valence-corrected chi connectivity index (χ1v) is 4.56. The molecule has 2 fully saturated rings. The Balaban J connectivity index is 1.75. The molecule has 0 aromatic heterocycles. The summed E-state index contributed by atoms with van der Waals surface area (Å²) in [6, 6.07) is 0.953. The van der Waals surface area contributed by atoms with Crippen LogP contribution in [-0.2, 0) is 0 Å². The van der Waals surface area contributed by atoms with E-state index in [4.69, 9.17) is 0 Å². The lowest BCUT2D eigenvalue weighted by molar-refractivity contribution is 0.0943. The first-order chi connectivity index (χ1) is 5.40. The number of hydrogen-bond donors (Lipinski definition) is 1. The molecular weight excluding hydrogens is 138 g/mol. The van der Waals surface area contributed by atoms with E-state index in [0.717, 1.165) is 6.04 Å². The molecule has 3 heteroatoms. The fourth-order valence-corrected chi connectivity index (χ4v) is 1.75. The van der Waals surface area contributed by atoms with Gasteiger partial charge in [-0.15, -0.1) is 0 Å². The Morgan fingerprint density at radius 2 is 1.73 bits per heavy atom. The van der Waals surface area contributed by atoms with E-state index in [2.05, 4.69) is 15.3 Å². The van der Waals surface area contributed by atoms with Gasteiger partial charge in [0, 0.05) is 32.2 Å². The number of nitrogens with one attached hydrogen (secondary N) is 1. The average Bonchev–Trinajstić information content (AvgIpc) is 2.87. The minimum absolute atomic E-state index is 0.953. The lowest BCUT2D eigenvalue weighted by Gasteiger charge is -2.33. The molecule has 1 aliphatic heterocycles. The van der Waals surface area contributed by atoms with Crippen molar-refractivity contribution in [1.29, 1.82) is 0 Å². The molecule has 0 spiro atoms. The predicted octanol–water partition coefficient (Wildman–Crippen LogP) is -0.0992. The van der Waals surface area contributed by atoms with Gasteiger partial charge in [-0.05, 0) is 19.9 Å². The molecule has 0 aromatic carbocycles.